The van der Waals surface area contributed by atoms with E-state index in [0.717, 1.165) is 43.3 Å². The third kappa shape index (κ3) is 5.23. The molecule has 0 saturated carbocycles. The zero-order chi connectivity index (χ0) is 17.6. The minimum Gasteiger partial charge on any atom is -0.504 e. The lowest BCUT2D eigenvalue weighted by Gasteiger charge is -2.39. The molecule has 1 aromatic rings. The molecular weight excluding hydrogens is 322 g/mol. The smallest absolute Gasteiger partial charge is 0.193 e. The van der Waals surface area contributed by atoms with Crippen LogP contribution in [0.3, 0.4) is 0 Å². The zero-order valence-corrected chi connectivity index (χ0v) is 15.9. The summed E-state index contributed by atoms with van der Waals surface area (Å²) < 4.78 is 5.42. The van der Waals surface area contributed by atoms with Gasteiger partial charge in [-0.1, -0.05) is 6.07 Å². The monoisotopic (exact) mass is 351 g/mol. The van der Waals surface area contributed by atoms with Crippen molar-refractivity contribution in [2.45, 2.75) is 31.9 Å². The molecular formula is C18H29N3O2S. The molecule has 2 rings (SSSR count). The van der Waals surface area contributed by atoms with Gasteiger partial charge in [-0.05, 0) is 44.9 Å². The Morgan fingerprint density at radius 2 is 2.25 bits per heavy atom. The highest BCUT2D eigenvalue weighted by atomic mass is 32.2. The highest BCUT2D eigenvalue weighted by Gasteiger charge is 2.28. The second kappa shape index (κ2) is 8.51. The molecule has 0 spiro atoms. The van der Waals surface area contributed by atoms with Gasteiger partial charge in [0.25, 0.3) is 0 Å². The Morgan fingerprint density at radius 3 is 2.92 bits per heavy atom. The quantitative estimate of drug-likeness (QED) is 0.631. The molecule has 1 aliphatic rings. The van der Waals surface area contributed by atoms with E-state index < -0.39 is 0 Å². The number of phenolic OH excluding ortho intramolecular Hbond substituents is 1. The van der Waals surface area contributed by atoms with Crippen molar-refractivity contribution >= 4 is 17.7 Å². The van der Waals surface area contributed by atoms with Crippen molar-refractivity contribution in [1.29, 1.82) is 0 Å². The summed E-state index contributed by atoms with van der Waals surface area (Å²) in [6.07, 6.45) is 0.817. The van der Waals surface area contributed by atoms with Crippen LogP contribution in [0.5, 0.6) is 11.5 Å². The van der Waals surface area contributed by atoms with Crippen LogP contribution in [0.25, 0.3) is 0 Å². The summed E-state index contributed by atoms with van der Waals surface area (Å²) in [5, 5.41) is 13.1. The molecule has 24 heavy (non-hydrogen) atoms. The highest BCUT2D eigenvalue weighted by molar-refractivity contribution is 8.00. The van der Waals surface area contributed by atoms with Crippen LogP contribution >= 0.6 is 11.8 Å². The van der Waals surface area contributed by atoms with Crippen molar-refractivity contribution in [3.05, 3.63) is 23.8 Å². The van der Waals surface area contributed by atoms with Crippen molar-refractivity contribution in [3.8, 4) is 11.5 Å². The predicted molar refractivity (Wildman–Crippen MR) is 102 cm³/mol. The van der Waals surface area contributed by atoms with Crippen molar-refractivity contribution in [3.63, 3.8) is 0 Å². The molecule has 0 radical (unpaired) electrons. The average molecular weight is 352 g/mol. The second-order valence-corrected chi connectivity index (χ2v) is 8.32. The first-order valence-corrected chi connectivity index (χ1v) is 9.47. The van der Waals surface area contributed by atoms with Crippen LogP contribution in [0.2, 0.25) is 0 Å². The molecule has 1 saturated heterocycles. The third-order valence-corrected chi connectivity index (χ3v) is 5.26. The molecule has 1 fully saturated rings. The fourth-order valence-electron chi connectivity index (χ4n) is 2.79. The van der Waals surface area contributed by atoms with E-state index in [0.29, 0.717) is 12.3 Å². The molecule has 134 valence electrons. The van der Waals surface area contributed by atoms with Crippen LogP contribution in [0.4, 0.5) is 0 Å². The first-order chi connectivity index (χ1) is 11.4. The van der Waals surface area contributed by atoms with E-state index in [2.05, 4.69) is 31.0 Å². The number of rotatable bonds is 5. The number of benzene rings is 1. The first-order valence-electron chi connectivity index (χ1n) is 8.48. The lowest BCUT2D eigenvalue weighted by atomic mass is 10.1. The largest absolute Gasteiger partial charge is 0.504 e. The molecule has 0 bridgehead atoms. The Balaban J connectivity index is 2.00. The average Bonchev–Trinajstić information content (AvgIpc) is 2.54. The zero-order valence-electron chi connectivity index (χ0n) is 15.1. The maximum absolute atomic E-state index is 9.67. The normalized spacial score (nSPS) is 17.7. The van der Waals surface area contributed by atoms with Gasteiger partial charge in [0.15, 0.2) is 17.5 Å². The number of nitrogens with one attached hydrogen (secondary N) is 1. The highest BCUT2D eigenvalue weighted by Crippen LogP contribution is 2.29. The van der Waals surface area contributed by atoms with Crippen LogP contribution < -0.4 is 10.1 Å². The van der Waals surface area contributed by atoms with Crippen LogP contribution in [0, 0.1) is 0 Å². The molecule has 5 nitrogen and oxygen atoms in total. The minimum absolute atomic E-state index is 0.172. The van der Waals surface area contributed by atoms with Crippen molar-refractivity contribution in [1.82, 2.24) is 10.2 Å². The summed E-state index contributed by atoms with van der Waals surface area (Å²) in [6.45, 7) is 10.3. The van der Waals surface area contributed by atoms with Gasteiger partial charge in [-0.2, -0.15) is 11.8 Å². The maximum Gasteiger partial charge on any atom is 0.193 e. The number of phenols is 1. The van der Waals surface area contributed by atoms with Gasteiger partial charge in [0.05, 0.1) is 7.11 Å². The Morgan fingerprint density at radius 1 is 1.46 bits per heavy atom. The third-order valence-electron chi connectivity index (χ3n) is 3.97. The summed E-state index contributed by atoms with van der Waals surface area (Å²) in [6, 6.07) is 5.47. The summed E-state index contributed by atoms with van der Waals surface area (Å²) in [7, 11) is 1.57. The van der Waals surface area contributed by atoms with Gasteiger partial charge >= 0.3 is 0 Å². The van der Waals surface area contributed by atoms with Gasteiger partial charge in [-0.25, -0.2) is 0 Å². The van der Waals surface area contributed by atoms with Crippen LogP contribution in [0.15, 0.2) is 23.2 Å². The Bertz CT molecular complexity index is 575. The van der Waals surface area contributed by atoms with Crippen molar-refractivity contribution in [2.75, 3.05) is 39.0 Å². The number of thioether (sulfide) groups is 1. The Hall–Kier alpha value is -1.56. The SMILES string of the molecule is CCNC(=NCCc1ccc(O)c(OC)c1)N1CCSC(C)(C)C1. The standard InChI is InChI=1S/C18H29N3O2S/c1-5-19-17(21-10-11-24-18(2,3)13-21)20-9-8-14-6-7-15(22)16(12-14)23-4/h6-7,12,22H,5,8-11,13H2,1-4H3,(H,19,20). The molecule has 1 heterocycles. The van der Waals surface area contributed by atoms with Gasteiger partial charge < -0.3 is 20.1 Å². The molecule has 0 aromatic heterocycles. The van der Waals surface area contributed by atoms with E-state index in [4.69, 9.17) is 9.73 Å². The first kappa shape index (κ1) is 18.8. The number of methoxy groups -OCH3 is 1. The Labute approximate surface area is 149 Å². The number of aliphatic imine (C=N–C) groups is 1. The van der Waals surface area contributed by atoms with E-state index in [-0.39, 0.29) is 10.5 Å². The minimum atomic E-state index is 0.172. The van der Waals surface area contributed by atoms with Crippen LogP contribution in [-0.2, 0) is 6.42 Å². The predicted octanol–water partition coefficient (Wildman–Crippen LogP) is 2.74. The summed E-state index contributed by atoms with van der Waals surface area (Å²) in [5.41, 5.74) is 1.11. The Kier molecular flexibility index (Phi) is 6.66. The van der Waals surface area contributed by atoms with Crippen LogP contribution in [-0.4, -0.2) is 59.8 Å². The lowest BCUT2D eigenvalue weighted by Crippen LogP contribution is -2.51. The summed E-state index contributed by atoms with van der Waals surface area (Å²) >= 11 is 2.02. The van der Waals surface area contributed by atoms with Gasteiger partial charge in [0.1, 0.15) is 0 Å². The topological polar surface area (TPSA) is 57.1 Å². The summed E-state index contributed by atoms with van der Waals surface area (Å²) in [4.78, 5) is 7.15. The molecule has 1 aliphatic heterocycles. The molecule has 0 aliphatic carbocycles. The number of aromatic hydroxyl groups is 1. The van der Waals surface area contributed by atoms with Gasteiger partial charge in [0.2, 0.25) is 0 Å². The van der Waals surface area contributed by atoms with E-state index in [1.807, 2.05) is 23.9 Å². The number of hydrogen-bond donors (Lipinski definition) is 2. The molecule has 0 atom stereocenters. The lowest BCUT2D eigenvalue weighted by molar-refractivity contribution is 0.373. The van der Waals surface area contributed by atoms with E-state index in [1.165, 1.54) is 0 Å². The van der Waals surface area contributed by atoms with E-state index >= 15 is 0 Å². The number of ether oxygens (including phenoxy) is 1. The fourth-order valence-corrected chi connectivity index (χ4v) is 3.90. The number of hydrogen-bond acceptors (Lipinski definition) is 4. The van der Waals surface area contributed by atoms with Crippen LogP contribution in [0.1, 0.15) is 26.3 Å². The van der Waals surface area contributed by atoms with Crippen molar-refractivity contribution < 1.29 is 9.84 Å². The van der Waals surface area contributed by atoms with Gasteiger partial charge in [-0.3, -0.25) is 4.99 Å². The van der Waals surface area contributed by atoms with E-state index in [9.17, 15) is 5.11 Å². The second-order valence-electron chi connectivity index (χ2n) is 6.52. The van der Waals surface area contributed by atoms with Gasteiger partial charge in [0, 0.05) is 36.7 Å². The molecule has 0 unspecified atom stereocenters. The molecule has 0 amide bonds. The molecule has 6 heteroatoms. The maximum atomic E-state index is 9.67. The summed E-state index contributed by atoms with van der Waals surface area (Å²) in [5.74, 6) is 2.81. The van der Waals surface area contributed by atoms with Crippen molar-refractivity contribution in [2.24, 2.45) is 4.99 Å². The molecule has 2 N–H and O–H groups in total. The number of guanidine groups is 1. The fraction of sp³-hybridized carbons (Fsp3) is 0.611. The van der Waals surface area contributed by atoms with Gasteiger partial charge in [-0.15, -0.1) is 0 Å². The van der Waals surface area contributed by atoms with E-state index in [1.54, 1.807) is 13.2 Å². The molecule has 1 aromatic carbocycles. The number of nitrogens with zero attached hydrogens (tertiary/aromatic N) is 2.